The predicted molar refractivity (Wildman–Crippen MR) is 91.0 cm³/mol. The first-order chi connectivity index (χ1) is 11.0. The molecule has 3 rings (SSSR count). The number of carbonyl (C=O) groups is 1. The molecule has 1 saturated carbocycles. The van der Waals surface area contributed by atoms with Crippen molar-refractivity contribution in [1.82, 2.24) is 9.21 Å². The van der Waals surface area contributed by atoms with Crippen LogP contribution in [0.4, 0.5) is 0 Å². The quantitative estimate of drug-likeness (QED) is 0.832. The summed E-state index contributed by atoms with van der Waals surface area (Å²) in [5.74, 6) is 0.405. The maximum atomic E-state index is 12.8. The third kappa shape index (κ3) is 3.46. The molecule has 0 bridgehead atoms. The number of nitrogens with zero attached hydrogens (tertiary/aromatic N) is 2. The molecule has 128 valence electrons. The van der Waals surface area contributed by atoms with Gasteiger partial charge in [-0.15, -0.1) is 11.3 Å². The van der Waals surface area contributed by atoms with Crippen LogP contribution in [0.2, 0.25) is 0 Å². The number of carbonyl (C=O) groups excluding carboxylic acids is 1. The minimum absolute atomic E-state index is 0.183. The monoisotopic (exact) mass is 356 g/mol. The maximum Gasteiger partial charge on any atom is 0.252 e. The van der Waals surface area contributed by atoms with Gasteiger partial charge in [0.15, 0.2) is 0 Å². The average Bonchev–Trinajstić information content (AvgIpc) is 2.82. The fourth-order valence-electron chi connectivity index (χ4n) is 3.08. The molecule has 0 atom stereocenters. The Labute approximate surface area is 142 Å². The molecular formula is C16H24N2O3S2. The van der Waals surface area contributed by atoms with Crippen molar-refractivity contribution in [3.8, 4) is 0 Å². The van der Waals surface area contributed by atoms with Gasteiger partial charge in [0, 0.05) is 37.0 Å². The second-order valence-electron chi connectivity index (χ2n) is 6.29. The van der Waals surface area contributed by atoms with Gasteiger partial charge >= 0.3 is 0 Å². The first-order valence-corrected chi connectivity index (χ1v) is 10.7. The molecule has 1 amide bonds. The van der Waals surface area contributed by atoms with Crippen LogP contribution in [0.25, 0.3) is 0 Å². The Balaban J connectivity index is 1.68. The Morgan fingerprint density at radius 2 is 1.96 bits per heavy atom. The predicted octanol–water partition coefficient (Wildman–Crippen LogP) is 2.33. The van der Waals surface area contributed by atoms with E-state index < -0.39 is 10.0 Å². The summed E-state index contributed by atoms with van der Waals surface area (Å²) < 4.78 is 27.5. The fraction of sp³-hybridized carbons (Fsp3) is 0.688. The second-order valence-corrected chi connectivity index (χ2v) is 9.62. The number of rotatable bonds is 4. The number of hydrogen-bond donors (Lipinski definition) is 0. The van der Waals surface area contributed by atoms with E-state index in [0.29, 0.717) is 36.8 Å². The normalized spacial score (nSPS) is 21.0. The van der Waals surface area contributed by atoms with Gasteiger partial charge in [0.25, 0.3) is 10.0 Å². The van der Waals surface area contributed by atoms with Crippen LogP contribution in [0.1, 0.15) is 37.5 Å². The molecule has 1 aromatic rings. The highest BCUT2D eigenvalue weighted by molar-refractivity contribution is 7.91. The van der Waals surface area contributed by atoms with Crippen molar-refractivity contribution in [2.75, 3.05) is 26.2 Å². The first kappa shape index (κ1) is 16.9. The van der Waals surface area contributed by atoms with Crippen LogP contribution < -0.4 is 0 Å². The average molecular weight is 357 g/mol. The first-order valence-electron chi connectivity index (χ1n) is 8.40. The van der Waals surface area contributed by atoms with Gasteiger partial charge in [0.05, 0.1) is 0 Å². The highest BCUT2D eigenvalue weighted by Crippen LogP contribution is 2.29. The van der Waals surface area contributed by atoms with Crippen molar-refractivity contribution in [3.05, 3.63) is 17.0 Å². The number of hydrogen-bond acceptors (Lipinski definition) is 4. The summed E-state index contributed by atoms with van der Waals surface area (Å²) in [6, 6.07) is 3.60. The van der Waals surface area contributed by atoms with Crippen LogP contribution in [0.5, 0.6) is 0 Å². The van der Waals surface area contributed by atoms with Gasteiger partial charge < -0.3 is 4.90 Å². The number of amides is 1. The van der Waals surface area contributed by atoms with Gasteiger partial charge in [0.1, 0.15) is 4.21 Å². The summed E-state index contributed by atoms with van der Waals surface area (Å²) >= 11 is 1.35. The molecule has 7 heteroatoms. The van der Waals surface area contributed by atoms with Crippen LogP contribution in [0, 0.1) is 5.92 Å². The molecule has 0 unspecified atom stereocenters. The molecule has 5 nitrogen and oxygen atoms in total. The van der Waals surface area contributed by atoms with E-state index in [0.717, 1.165) is 30.6 Å². The molecule has 0 aromatic carbocycles. The maximum absolute atomic E-state index is 12.8. The van der Waals surface area contributed by atoms with Gasteiger partial charge in [-0.3, -0.25) is 4.79 Å². The van der Waals surface area contributed by atoms with E-state index >= 15 is 0 Å². The molecule has 1 saturated heterocycles. The van der Waals surface area contributed by atoms with E-state index in [2.05, 4.69) is 0 Å². The van der Waals surface area contributed by atoms with E-state index in [1.54, 1.807) is 10.4 Å². The van der Waals surface area contributed by atoms with E-state index in [9.17, 15) is 13.2 Å². The smallest absolute Gasteiger partial charge is 0.252 e. The van der Waals surface area contributed by atoms with Gasteiger partial charge in [-0.05, 0) is 37.8 Å². The zero-order chi connectivity index (χ0) is 16.4. The molecule has 2 heterocycles. The van der Waals surface area contributed by atoms with Gasteiger partial charge in [-0.25, -0.2) is 8.42 Å². The molecule has 23 heavy (non-hydrogen) atoms. The summed E-state index contributed by atoms with van der Waals surface area (Å²) in [7, 11) is -3.42. The van der Waals surface area contributed by atoms with E-state index in [-0.39, 0.29) is 11.8 Å². The molecule has 0 radical (unpaired) electrons. The molecule has 2 aliphatic rings. The second kappa shape index (κ2) is 6.91. The van der Waals surface area contributed by atoms with E-state index in [4.69, 9.17) is 0 Å². The number of sulfonamides is 1. The third-order valence-electron chi connectivity index (χ3n) is 4.80. The fourth-order valence-corrected chi connectivity index (χ4v) is 6.00. The molecule has 1 aliphatic carbocycles. The van der Waals surface area contributed by atoms with Crippen LogP contribution >= 0.6 is 11.3 Å². The number of thiophene rings is 1. The van der Waals surface area contributed by atoms with Crippen LogP contribution in [0.15, 0.2) is 16.3 Å². The summed E-state index contributed by atoms with van der Waals surface area (Å²) in [5, 5.41) is 0. The molecular weight excluding hydrogens is 332 g/mol. The topological polar surface area (TPSA) is 57.7 Å². The Morgan fingerprint density at radius 1 is 1.17 bits per heavy atom. The van der Waals surface area contributed by atoms with Crippen LogP contribution in [-0.2, 0) is 21.2 Å². The summed E-state index contributed by atoms with van der Waals surface area (Å²) in [4.78, 5) is 15.3. The van der Waals surface area contributed by atoms with Gasteiger partial charge in [-0.2, -0.15) is 4.31 Å². The van der Waals surface area contributed by atoms with Crippen LogP contribution in [-0.4, -0.2) is 49.7 Å². The van der Waals surface area contributed by atoms with Crippen molar-refractivity contribution < 1.29 is 13.2 Å². The molecule has 1 aliphatic heterocycles. The highest BCUT2D eigenvalue weighted by atomic mass is 32.2. The van der Waals surface area contributed by atoms with Crippen molar-refractivity contribution in [2.24, 2.45) is 5.92 Å². The minimum atomic E-state index is -3.42. The standard InChI is InChI=1S/C16H24N2O3S2/c1-2-14-7-8-15(22-14)23(20,21)18-10-4-9-17(11-12-18)16(19)13-5-3-6-13/h7-8,13H,2-6,9-12H2,1H3. The summed E-state index contributed by atoms with van der Waals surface area (Å²) in [6.45, 7) is 4.11. The van der Waals surface area contributed by atoms with Gasteiger partial charge in [0.2, 0.25) is 5.91 Å². The third-order valence-corrected chi connectivity index (χ3v) is 8.40. The Hall–Kier alpha value is -0.920. The Morgan fingerprint density at radius 3 is 2.57 bits per heavy atom. The highest BCUT2D eigenvalue weighted by Gasteiger charge is 2.33. The molecule has 2 fully saturated rings. The van der Waals surface area contributed by atoms with Crippen molar-refractivity contribution >= 4 is 27.3 Å². The van der Waals surface area contributed by atoms with Crippen molar-refractivity contribution in [1.29, 1.82) is 0 Å². The summed E-state index contributed by atoms with van der Waals surface area (Å²) in [6.07, 6.45) is 4.69. The lowest BCUT2D eigenvalue weighted by Gasteiger charge is -2.30. The molecule has 0 N–H and O–H groups in total. The Kier molecular flexibility index (Phi) is 5.08. The SMILES string of the molecule is CCc1ccc(S(=O)(=O)N2CCCN(C(=O)C3CCC3)CC2)s1. The molecule has 0 spiro atoms. The lowest BCUT2D eigenvalue weighted by Crippen LogP contribution is -2.41. The van der Waals surface area contributed by atoms with E-state index in [1.807, 2.05) is 17.9 Å². The van der Waals surface area contributed by atoms with Crippen molar-refractivity contribution in [2.45, 2.75) is 43.2 Å². The largest absolute Gasteiger partial charge is 0.341 e. The Bertz CT molecular complexity index is 665. The number of aryl methyl sites for hydroxylation is 1. The van der Waals surface area contributed by atoms with Crippen molar-refractivity contribution in [3.63, 3.8) is 0 Å². The minimum Gasteiger partial charge on any atom is -0.341 e. The zero-order valence-corrected chi connectivity index (χ0v) is 15.2. The lowest BCUT2D eigenvalue weighted by atomic mass is 9.84. The lowest BCUT2D eigenvalue weighted by molar-refractivity contribution is -0.138. The zero-order valence-electron chi connectivity index (χ0n) is 13.5. The van der Waals surface area contributed by atoms with Crippen LogP contribution in [0.3, 0.4) is 0 Å². The summed E-state index contributed by atoms with van der Waals surface area (Å²) in [5.41, 5.74) is 0. The molecule has 1 aromatic heterocycles. The van der Waals surface area contributed by atoms with Gasteiger partial charge in [-0.1, -0.05) is 13.3 Å². The van der Waals surface area contributed by atoms with E-state index in [1.165, 1.54) is 11.3 Å².